The number of pyridine rings is 2. The number of esters is 1. The molecule has 14 heteroatoms. The van der Waals surface area contributed by atoms with Crippen LogP contribution >= 0.6 is 0 Å². The van der Waals surface area contributed by atoms with Gasteiger partial charge in [-0.3, -0.25) is 19.2 Å². The van der Waals surface area contributed by atoms with Crippen LogP contribution in [0.2, 0.25) is 0 Å². The van der Waals surface area contributed by atoms with Gasteiger partial charge in [0.15, 0.2) is 5.60 Å². The van der Waals surface area contributed by atoms with Gasteiger partial charge in [-0.15, -0.1) is 0 Å². The summed E-state index contributed by atoms with van der Waals surface area (Å²) in [6.45, 7) is 3.29. The summed E-state index contributed by atoms with van der Waals surface area (Å²) in [6.07, 6.45) is 1.28. The fourth-order valence-corrected chi connectivity index (χ4v) is 7.32. The van der Waals surface area contributed by atoms with Crippen molar-refractivity contribution < 1.29 is 38.1 Å². The lowest BCUT2D eigenvalue weighted by Gasteiger charge is -2.36. The Morgan fingerprint density at radius 2 is 2.04 bits per heavy atom. The summed E-state index contributed by atoms with van der Waals surface area (Å²) in [4.78, 5) is 70.1. The second kappa shape index (κ2) is 11.0. The summed E-state index contributed by atoms with van der Waals surface area (Å²) < 4.78 is 27.4. The van der Waals surface area contributed by atoms with E-state index < -0.39 is 46.8 Å². The molecule has 0 radical (unpaired) electrons. The second-order valence-electron chi connectivity index (χ2n) is 12.1. The number of nitrogens with one attached hydrogen (secondary N) is 2. The molecule has 3 aliphatic heterocycles. The Labute approximate surface area is 261 Å². The van der Waals surface area contributed by atoms with Crippen LogP contribution in [0.15, 0.2) is 16.9 Å². The van der Waals surface area contributed by atoms with Gasteiger partial charge >= 0.3 is 5.97 Å². The van der Waals surface area contributed by atoms with Crippen molar-refractivity contribution >= 4 is 35.1 Å². The van der Waals surface area contributed by atoms with E-state index in [1.54, 1.807) is 19.9 Å². The number of carbonyl (C=O) groups is 4. The average Bonchev–Trinajstić information content (AvgIpc) is 3.43. The van der Waals surface area contributed by atoms with E-state index in [9.17, 15) is 29.1 Å². The van der Waals surface area contributed by atoms with Crippen molar-refractivity contribution in [2.24, 2.45) is 0 Å². The highest BCUT2D eigenvalue weighted by Gasteiger charge is 2.46. The zero-order valence-corrected chi connectivity index (χ0v) is 25.3. The van der Waals surface area contributed by atoms with Gasteiger partial charge in [0, 0.05) is 29.1 Å². The molecule has 4 aliphatic rings. The number of ether oxygens (including phenoxy) is 2. The van der Waals surface area contributed by atoms with Gasteiger partial charge in [-0.05, 0) is 48.9 Å². The van der Waals surface area contributed by atoms with Crippen LogP contribution in [0.3, 0.4) is 0 Å². The Hall–Kier alpha value is -4.69. The lowest BCUT2D eigenvalue weighted by Crippen LogP contribution is -2.57. The minimum Gasteiger partial charge on any atom is -0.458 e. The smallest absolute Gasteiger partial charge is 0.343 e. The van der Waals surface area contributed by atoms with E-state index in [2.05, 4.69) is 10.6 Å². The first-order chi connectivity index (χ1) is 22.1. The first-order valence-corrected chi connectivity index (χ1v) is 15.2. The first kappa shape index (κ1) is 30.0. The predicted octanol–water partition coefficient (Wildman–Crippen LogP) is 0.604. The third-order valence-electron chi connectivity index (χ3n) is 9.78. The summed E-state index contributed by atoms with van der Waals surface area (Å²) in [6, 6.07) is 1.42. The van der Waals surface area contributed by atoms with Crippen LogP contribution in [0.25, 0.3) is 22.3 Å². The third kappa shape index (κ3) is 4.34. The van der Waals surface area contributed by atoms with Gasteiger partial charge < -0.3 is 34.7 Å². The topological polar surface area (TPSA) is 169 Å². The van der Waals surface area contributed by atoms with Crippen molar-refractivity contribution in [2.45, 2.75) is 63.9 Å². The number of morpholine rings is 1. The van der Waals surface area contributed by atoms with Crippen molar-refractivity contribution in [1.29, 1.82) is 0 Å². The van der Waals surface area contributed by atoms with E-state index in [0.29, 0.717) is 58.2 Å². The highest BCUT2D eigenvalue weighted by atomic mass is 19.1. The number of hydrogen-bond acceptors (Lipinski definition) is 9. The molecule has 0 spiro atoms. The van der Waals surface area contributed by atoms with E-state index in [-0.39, 0.29) is 57.0 Å². The van der Waals surface area contributed by atoms with Gasteiger partial charge in [0.1, 0.15) is 18.5 Å². The molecule has 3 unspecified atom stereocenters. The van der Waals surface area contributed by atoms with Gasteiger partial charge in [0.05, 0.1) is 54.8 Å². The van der Waals surface area contributed by atoms with Crippen LogP contribution in [0.5, 0.6) is 0 Å². The normalized spacial score (nSPS) is 22.9. The minimum absolute atomic E-state index is 0.0114. The SMILES string of the molecule is CCC1(O)C(=O)OCc2c1cc1n(c2=O)Cc2c-1nc1cc(F)c(C)c3c1c2C(NC(=O)C1COCCN1C(=O)CNC=O)CC3. The molecule has 3 amide bonds. The molecule has 13 nitrogen and oxygen atoms in total. The third-order valence-corrected chi connectivity index (χ3v) is 9.78. The van der Waals surface area contributed by atoms with Crippen LogP contribution in [0, 0.1) is 12.7 Å². The quantitative estimate of drug-likeness (QED) is 0.203. The average molecular weight is 634 g/mol. The van der Waals surface area contributed by atoms with Crippen LogP contribution in [-0.4, -0.2) is 76.1 Å². The van der Waals surface area contributed by atoms with Crippen molar-refractivity contribution in [3.63, 3.8) is 0 Å². The number of nitrogens with zero attached hydrogens (tertiary/aromatic N) is 3. The van der Waals surface area contributed by atoms with Gasteiger partial charge in [-0.1, -0.05) is 6.92 Å². The summed E-state index contributed by atoms with van der Waals surface area (Å²) >= 11 is 0. The molecule has 46 heavy (non-hydrogen) atoms. The van der Waals surface area contributed by atoms with E-state index in [1.807, 2.05) is 0 Å². The van der Waals surface area contributed by atoms with Crippen molar-refractivity contribution in [2.75, 3.05) is 26.3 Å². The summed E-state index contributed by atoms with van der Waals surface area (Å²) in [5.74, 6) is -2.13. The number of aryl methyl sites for hydroxylation is 1. The van der Waals surface area contributed by atoms with Crippen LogP contribution < -0.4 is 16.2 Å². The molecule has 0 saturated carbocycles. The van der Waals surface area contributed by atoms with E-state index in [4.69, 9.17) is 14.5 Å². The molecule has 1 fully saturated rings. The van der Waals surface area contributed by atoms with Crippen LogP contribution in [0.1, 0.15) is 59.2 Å². The monoisotopic (exact) mass is 633 g/mol. The van der Waals surface area contributed by atoms with Gasteiger partial charge in [-0.2, -0.15) is 0 Å². The molecule has 2 aromatic heterocycles. The molecule has 5 heterocycles. The van der Waals surface area contributed by atoms with Crippen molar-refractivity contribution in [3.05, 3.63) is 61.7 Å². The Bertz CT molecular complexity index is 1930. The summed E-state index contributed by atoms with van der Waals surface area (Å²) in [5, 5.41) is 17.4. The maximum atomic E-state index is 15.2. The fraction of sp³-hybridized carbons (Fsp3) is 0.438. The van der Waals surface area contributed by atoms with Crippen LogP contribution in [-0.2, 0) is 53.8 Å². The maximum absolute atomic E-state index is 15.2. The second-order valence-corrected chi connectivity index (χ2v) is 12.1. The highest BCUT2D eigenvalue weighted by Crippen LogP contribution is 2.46. The molecule has 3 N–H and O–H groups in total. The van der Waals surface area contributed by atoms with E-state index in [0.717, 1.165) is 5.56 Å². The van der Waals surface area contributed by atoms with Crippen molar-refractivity contribution in [1.82, 2.24) is 25.1 Å². The summed E-state index contributed by atoms with van der Waals surface area (Å²) in [7, 11) is 0. The molecule has 1 aromatic carbocycles. The Balaban J connectivity index is 1.35. The summed E-state index contributed by atoms with van der Waals surface area (Å²) in [5.41, 5.74) is 1.64. The molecular formula is C32H32FN5O8. The van der Waals surface area contributed by atoms with Crippen molar-refractivity contribution in [3.8, 4) is 11.4 Å². The number of aromatic nitrogens is 2. The van der Waals surface area contributed by atoms with Gasteiger partial charge in [0.25, 0.3) is 5.56 Å². The number of fused-ring (bicyclic) bond motifs is 5. The zero-order chi connectivity index (χ0) is 32.5. The number of benzene rings is 1. The standard InChI is InChI=1S/C32H32FN5O8/c1-3-32(44)19-8-23-28-17(11-38(23)30(42)18(19)12-46-31(32)43)27-21(5-4-16-15(2)20(33)9-22(35-28)26(16)27)36-29(41)24-13-45-7-6-37(24)25(40)10-34-14-39/h8-9,14,21,24,44H,3-7,10-13H2,1-2H3,(H,34,39)(H,36,41). The number of rotatable bonds is 6. The first-order valence-electron chi connectivity index (χ1n) is 15.2. The minimum atomic E-state index is -2.00. The highest BCUT2D eigenvalue weighted by molar-refractivity contribution is 5.95. The van der Waals surface area contributed by atoms with Gasteiger partial charge in [0.2, 0.25) is 18.2 Å². The maximum Gasteiger partial charge on any atom is 0.343 e. The number of carbonyl (C=O) groups excluding carboxylic acids is 4. The number of hydrogen-bond donors (Lipinski definition) is 3. The number of cyclic esters (lactones) is 1. The zero-order valence-electron chi connectivity index (χ0n) is 25.3. The Morgan fingerprint density at radius 1 is 1.24 bits per heavy atom. The fourth-order valence-electron chi connectivity index (χ4n) is 7.32. The molecule has 3 atom stereocenters. The Morgan fingerprint density at radius 3 is 2.80 bits per heavy atom. The Kier molecular flexibility index (Phi) is 7.16. The predicted molar refractivity (Wildman–Crippen MR) is 159 cm³/mol. The van der Waals surface area contributed by atoms with E-state index >= 15 is 4.39 Å². The number of aliphatic hydroxyl groups is 1. The molecule has 240 valence electrons. The largest absolute Gasteiger partial charge is 0.458 e. The number of amides is 3. The van der Waals surface area contributed by atoms with Crippen LogP contribution in [0.4, 0.5) is 4.39 Å². The molecule has 1 saturated heterocycles. The lowest BCUT2D eigenvalue weighted by atomic mass is 9.81. The molecule has 7 rings (SSSR count). The van der Waals surface area contributed by atoms with E-state index in [1.165, 1.54) is 15.5 Å². The molecule has 1 aliphatic carbocycles. The molecular weight excluding hydrogens is 601 g/mol. The molecule has 0 bridgehead atoms. The number of halogens is 1. The molecule has 3 aromatic rings. The lowest BCUT2D eigenvalue weighted by molar-refractivity contribution is -0.172. The van der Waals surface area contributed by atoms with Gasteiger partial charge in [-0.25, -0.2) is 14.2 Å².